The first kappa shape index (κ1) is 11.1. The molecule has 1 aromatic rings. The molecule has 86 valence electrons. The predicted octanol–water partition coefficient (Wildman–Crippen LogP) is 0.511. The summed E-state index contributed by atoms with van der Waals surface area (Å²) in [5, 5.41) is 12.3. The van der Waals surface area contributed by atoms with Gasteiger partial charge in [-0.3, -0.25) is 9.78 Å². The van der Waals surface area contributed by atoms with E-state index >= 15 is 0 Å². The van der Waals surface area contributed by atoms with E-state index in [4.69, 9.17) is 0 Å². The molecule has 0 spiro atoms. The van der Waals surface area contributed by atoms with Crippen molar-refractivity contribution in [1.29, 1.82) is 0 Å². The molecular weight excluding hydrogens is 204 g/mol. The number of nitrogens with one attached hydrogen (secondary N) is 1. The number of rotatable bonds is 5. The number of hydrogen-bond acceptors (Lipinski definition) is 3. The van der Waals surface area contributed by atoms with Gasteiger partial charge in [0.05, 0.1) is 12.5 Å². The second-order valence-electron chi connectivity index (χ2n) is 4.24. The minimum absolute atomic E-state index is 0.0501. The fourth-order valence-electron chi connectivity index (χ4n) is 1.61. The average Bonchev–Trinajstić information content (AvgIpc) is 3.11. The predicted molar refractivity (Wildman–Crippen MR) is 59.7 cm³/mol. The van der Waals surface area contributed by atoms with Crippen LogP contribution in [0.2, 0.25) is 0 Å². The molecule has 1 atom stereocenters. The molecule has 4 heteroatoms. The fraction of sp³-hybridized carbons (Fsp3) is 0.500. The van der Waals surface area contributed by atoms with Gasteiger partial charge in [-0.1, -0.05) is 0 Å². The van der Waals surface area contributed by atoms with Gasteiger partial charge in [0.25, 0.3) is 0 Å². The fourth-order valence-corrected chi connectivity index (χ4v) is 1.61. The second-order valence-corrected chi connectivity index (χ2v) is 4.24. The molecule has 0 bridgehead atoms. The highest BCUT2D eigenvalue weighted by Gasteiger charge is 2.29. The number of aliphatic hydroxyl groups excluding tert-OH is 1. The van der Waals surface area contributed by atoms with E-state index in [-0.39, 0.29) is 12.0 Å². The zero-order valence-electron chi connectivity index (χ0n) is 9.10. The van der Waals surface area contributed by atoms with Crippen LogP contribution in [0, 0.1) is 5.92 Å². The lowest BCUT2D eigenvalue weighted by molar-refractivity contribution is -0.120. The Morgan fingerprint density at radius 1 is 1.50 bits per heavy atom. The molecule has 1 aliphatic rings. The summed E-state index contributed by atoms with van der Waals surface area (Å²) in [5.74, 6) is 0.354. The molecule has 2 N–H and O–H groups in total. The van der Waals surface area contributed by atoms with Gasteiger partial charge in [-0.2, -0.15) is 0 Å². The monoisotopic (exact) mass is 220 g/mol. The third kappa shape index (κ3) is 3.31. The zero-order valence-corrected chi connectivity index (χ0v) is 9.10. The van der Waals surface area contributed by atoms with E-state index in [1.54, 1.807) is 12.4 Å². The van der Waals surface area contributed by atoms with Gasteiger partial charge in [0.2, 0.25) is 5.91 Å². The maximum atomic E-state index is 11.5. The maximum absolute atomic E-state index is 11.5. The number of carbonyl (C=O) groups excluding carboxylic acids is 1. The number of aliphatic hydroxyl groups is 1. The van der Waals surface area contributed by atoms with Gasteiger partial charge in [0.15, 0.2) is 0 Å². The first-order chi connectivity index (χ1) is 7.75. The molecule has 1 amide bonds. The summed E-state index contributed by atoms with van der Waals surface area (Å²) < 4.78 is 0. The lowest BCUT2D eigenvalue weighted by Gasteiger charge is -2.10. The van der Waals surface area contributed by atoms with Crippen molar-refractivity contribution < 1.29 is 9.90 Å². The minimum Gasteiger partial charge on any atom is -0.391 e. The highest BCUT2D eigenvalue weighted by Crippen LogP contribution is 2.32. The molecule has 0 aliphatic heterocycles. The summed E-state index contributed by atoms with van der Waals surface area (Å²) in [6, 6.07) is 3.63. The minimum atomic E-state index is -0.374. The molecule has 16 heavy (non-hydrogen) atoms. The quantitative estimate of drug-likeness (QED) is 0.760. The van der Waals surface area contributed by atoms with E-state index in [0.29, 0.717) is 18.9 Å². The smallest absolute Gasteiger partial charge is 0.224 e. The van der Waals surface area contributed by atoms with E-state index in [0.717, 1.165) is 18.4 Å². The van der Waals surface area contributed by atoms with Crippen LogP contribution in [0.1, 0.15) is 18.4 Å². The lowest BCUT2D eigenvalue weighted by Crippen LogP contribution is -2.34. The summed E-state index contributed by atoms with van der Waals surface area (Å²) in [5.41, 5.74) is 0.938. The van der Waals surface area contributed by atoms with Gasteiger partial charge in [-0.05, 0) is 36.5 Å². The topological polar surface area (TPSA) is 62.2 Å². The van der Waals surface area contributed by atoms with Crippen molar-refractivity contribution >= 4 is 5.91 Å². The van der Waals surface area contributed by atoms with Crippen LogP contribution in [0.15, 0.2) is 24.5 Å². The summed E-state index contributed by atoms with van der Waals surface area (Å²) in [6.07, 6.45) is 5.48. The van der Waals surface area contributed by atoms with Gasteiger partial charge in [0.1, 0.15) is 0 Å². The van der Waals surface area contributed by atoms with Crippen molar-refractivity contribution in [1.82, 2.24) is 10.3 Å². The molecule has 1 aromatic heterocycles. The van der Waals surface area contributed by atoms with E-state index in [2.05, 4.69) is 10.3 Å². The van der Waals surface area contributed by atoms with E-state index in [1.807, 2.05) is 12.1 Å². The number of nitrogens with zero attached hydrogens (tertiary/aromatic N) is 1. The summed E-state index contributed by atoms with van der Waals surface area (Å²) in [4.78, 5) is 15.4. The number of hydrogen-bond donors (Lipinski definition) is 2. The van der Waals surface area contributed by atoms with Crippen LogP contribution in [0.3, 0.4) is 0 Å². The Morgan fingerprint density at radius 2 is 2.19 bits per heavy atom. The highest BCUT2D eigenvalue weighted by atomic mass is 16.3. The number of pyridine rings is 1. The Balaban J connectivity index is 1.72. The average molecular weight is 220 g/mol. The number of carbonyl (C=O) groups is 1. The summed E-state index contributed by atoms with van der Waals surface area (Å²) >= 11 is 0. The van der Waals surface area contributed by atoms with E-state index < -0.39 is 0 Å². The first-order valence-electron chi connectivity index (χ1n) is 5.59. The van der Waals surface area contributed by atoms with Crippen molar-refractivity contribution in [3.8, 4) is 0 Å². The highest BCUT2D eigenvalue weighted by molar-refractivity contribution is 5.78. The van der Waals surface area contributed by atoms with Crippen LogP contribution in [0.5, 0.6) is 0 Å². The van der Waals surface area contributed by atoms with Crippen molar-refractivity contribution in [3.05, 3.63) is 30.1 Å². The maximum Gasteiger partial charge on any atom is 0.224 e. The number of amides is 1. The van der Waals surface area contributed by atoms with Gasteiger partial charge in [-0.25, -0.2) is 0 Å². The van der Waals surface area contributed by atoms with Crippen molar-refractivity contribution in [3.63, 3.8) is 0 Å². The normalized spacial score (nSPS) is 16.8. The zero-order chi connectivity index (χ0) is 11.4. The molecule has 2 rings (SSSR count). The van der Waals surface area contributed by atoms with Gasteiger partial charge < -0.3 is 10.4 Å². The van der Waals surface area contributed by atoms with Crippen molar-refractivity contribution in [2.75, 3.05) is 6.54 Å². The van der Waals surface area contributed by atoms with Crippen LogP contribution in [0.25, 0.3) is 0 Å². The molecule has 4 nitrogen and oxygen atoms in total. The van der Waals surface area contributed by atoms with E-state index in [9.17, 15) is 9.90 Å². The Kier molecular flexibility index (Phi) is 3.51. The lowest BCUT2D eigenvalue weighted by atomic mass is 10.2. The summed E-state index contributed by atoms with van der Waals surface area (Å²) in [6.45, 7) is 0.370. The van der Waals surface area contributed by atoms with Crippen molar-refractivity contribution in [2.45, 2.75) is 25.4 Å². The molecule has 1 aliphatic carbocycles. The van der Waals surface area contributed by atoms with Gasteiger partial charge in [-0.15, -0.1) is 0 Å². The second kappa shape index (κ2) is 5.07. The summed E-state index contributed by atoms with van der Waals surface area (Å²) in [7, 11) is 0. The Morgan fingerprint density at radius 3 is 2.81 bits per heavy atom. The van der Waals surface area contributed by atoms with Crippen LogP contribution >= 0.6 is 0 Å². The van der Waals surface area contributed by atoms with Crippen LogP contribution in [0.4, 0.5) is 0 Å². The van der Waals surface area contributed by atoms with Gasteiger partial charge >= 0.3 is 0 Å². The standard InChI is InChI=1S/C12H16N2O2/c15-11(10-1-2-10)8-14-12(16)7-9-3-5-13-6-4-9/h3-6,10-11,15H,1-2,7-8H2,(H,14,16). The van der Waals surface area contributed by atoms with Gasteiger partial charge in [0, 0.05) is 18.9 Å². The molecule has 0 aromatic carbocycles. The van der Waals surface area contributed by atoms with E-state index in [1.165, 1.54) is 0 Å². The molecule has 1 heterocycles. The molecule has 0 radical (unpaired) electrons. The molecule has 1 unspecified atom stereocenters. The molecule has 0 saturated heterocycles. The van der Waals surface area contributed by atoms with Crippen LogP contribution < -0.4 is 5.32 Å². The van der Waals surface area contributed by atoms with Crippen LogP contribution in [-0.2, 0) is 11.2 Å². The molecule has 1 saturated carbocycles. The largest absolute Gasteiger partial charge is 0.391 e. The first-order valence-corrected chi connectivity index (χ1v) is 5.59. The third-order valence-corrected chi connectivity index (χ3v) is 2.79. The number of aromatic nitrogens is 1. The Hall–Kier alpha value is -1.42. The Labute approximate surface area is 94.7 Å². The SMILES string of the molecule is O=C(Cc1ccncc1)NCC(O)C1CC1. The molecular formula is C12H16N2O2. The van der Waals surface area contributed by atoms with Crippen molar-refractivity contribution in [2.24, 2.45) is 5.92 Å². The molecule has 1 fully saturated rings. The third-order valence-electron chi connectivity index (χ3n) is 2.79. The Bertz CT molecular complexity index is 349. The van der Waals surface area contributed by atoms with Crippen LogP contribution in [-0.4, -0.2) is 28.6 Å².